The summed E-state index contributed by atoms with van der Waals surface area (Å²) in [7, 11) is 0. The van der Waals surface area contributed by atoms with Crippen LogP contribution in [0.3, 0.4) is 0 Å². The summed E-state index contributed by atoms with van der Waals surface area (Å²) in [5.41, 5.74) is 9.34. The summed E-state index contributed by atoms with van der Waals surface area (Å²) in [5.74, 6) is -0.679. The topological polar surface area (TPSA) is 55.1 Å². The molecule has 0 bridgehead atoms. The van der Waals surface area contributed by atoms with Gasteiger partial charge < -0.3 is 11.1 Å². The molecule has 0 heterocycles. The van der Waals surface area contributed by atoms with E-state index in [1.165, 1.54) is 24.3 Å². The third-order valence-corrected chi connectivity index (χ3v) is 2.86. The monoisotopic (exact) mass is 258 g/mol. The number of anilines is 2. The molecule has 0 unspecified atom stereocenters. The van der Waals surface area contributed by atoms with Crippen molar-refractivity contribution in [3.63, 3.8) is 0 Å². The van der Waals surface area contributed by atoms with Crippen molar-refractivity contribution in [2.24, 2.45) is 0 Å². The van der Waals surface area contributed by atoms with Crippen molar-refractivity contribution < 1.29 is 9.18 Å². The molecule has 0 saturated carbocycles. The zero-order chi connectivity index (χ0) is 14.0. The lowest BCUT2D eigenvalue weighted by Crippen LogP contribution is -2.14. The van der Waals surface area contributed by atoms with Crippen LogP contribution in [-0.2, 0) is 0 Å². The molecule has 2 aromatic carbocycles. The molecular weight excluding hydrogens is 243 g/mol. The van der Waals surface area contributed by atoms with Gasteiger partial charge in [-0.15, -0.1) is 0 Å². The molecule has 0 atom stereocenters. The number of amides is 1. The lowest BCUT2D eigenvalue weighted by molar-refractivity contribution is 0.102. The summed E-state index contributed by atoms with van der Waals surface area (Å²) in [6.45, 7) is 3.82. The highest BCUT2D eigenvalue weighted by atomic mass is 19.1. The molecule has 4 heteroatoms. The Hall–Kier alpha value is -2.36. The molecule has 2 aromatic rings. The molecule has 0 fully saturated rings. The Morgan fingerprint density at radius 2 is 1.79 bits per heavy atom. The van der Waals surface area contributed by atoms with E-state index in [1.54, 1.807) is 6.07 Å². The standard InChI is InChI=1S/C15H15FN2O/c1-9-7-10(2)14(13(17)8-9)18-15(19)11-3-5-12(16)6-4-11/h3-8H,17H2,1-2H3,(H,18,19). The molecule has 3 nitrogen and oxygen atoms in total. The maximum absolute atomic E-state index is 12.8. The highest BCUT2D eigenvalue weighted by molar-refractivity contribution is 6.06. The van der Waals surface area contributed by atoms with Gasteiger partial charge in [0.15, 0.2) is 0 Å². The normalized spacial score (nSPS) is 10.3. The molecular formula is C15H15FN2O. The first kappa shape index (κ1) is 13.1. The Kier molecular flexibility index (Phi) is 3.51. The first-order valence-corrected chi connectivity index (χ1v) is 5.91. The van der Waals surface area contributed by atoms with Crippen LogP contribution < -0.4 is 11.1 Å². The van der Waals surface area contributed by atoms with E-state index in [0.717, 1.165) is 11.1 Å². The molecule has 0 spiro atoms. The van der Waals surface area contributed by atoms with Crippen LogP contribution in [0.4, 0.5) is 15.8 Å². The number of carbonyl (C=O) groups is 1. The van der Waals surface area contributed by atoms with E-state index in [0.29, 0.717) is 16.9 Å². The summed E-state index contributed by atoms with van der Waals surface area (Å²) in [6, 6.07) is 9.11. The van der Waals surface area contributed by atoms with E-state index in [2.05, 4.69) is 5.32 Å². The Labute approximate surface area is 111 Å². The van der Waals surface area contributed by atoms with Crippen LogP contribution >= 0.6 is 0 Å². The van der Waals surface area contributed by atoms with E-state index in [-0.39, 0.29) is 11.7 Å². The average molecular weight is 258 g/mol. The molecule has 1 amide bonds. The van der Waals surface area contributed by atoms with Gasteiger partial charge in [-0.05, 0) is 55.3 Å². The molecule has 0 radical (unpaired) electrons. The first-order valence-electron chi connectivity index (χ1n) is 5.91. The lowest BCUT2D eigenvalue weighted by atomic mass is 10.1. The highest BCUT2D eigenvalue weighted by Crippen LogP contribution is 2.25. The van der Waals surface area contributed by atoms with Gasteiger partial charge in [-0.1, -0.05) is 6.07 Å². The third-order valence-electron chi connectivity index (χ3n) is 2.86. The molecule has 0 aliphatic heterocycles. The van der Waals surface area contributed by atoms with Gasteiger partial charge in [0, 0.05) is 5.56 Å². The van der Waals surface area contributed by atoms with Crippen molar-refractivity contribution >= 4 is 17.3 Å². The van der Waals surface area contributed by atoms with Crippen LogP contribution in [0, 0.1) is 19.7 Å². The molecule has 0 aliphatic rings. The predicted octanol–water partition coefficient (Wildman–Crippen LogP) is 3.28. The Morgan fingerprint density at radius 1 is 1.16 bits per heavy atom. The average Bonchev–Trinajstić information content (AvgIpc) is 2.34. The Morgan fingerprint density at radius 3 is 2.37 bits per heavy atom. The number of nitrogens with two attached hydrogens (primary N) is 1. The fourth-order valence-corrected chi connectivity index (χ4v) is 1.96. The number of nitrogen functional groups attached to an aromatic ring is 1. The van der Waals surface area contributed by atoms with E-state index >= 15 is 0 Å². The van der Waals surface area contributed by atoms with Gasteiger partial charge >= 0.3 is 0 Å². The molecule has 3 N–H and O–H groups in total. The van der Waals surface area contributed by atoms with Crippen molar-refractivity contribution in [1.29, 1.82) is 0 Å². The second kappa shape index (κ2) is 5.10. The number of halogens is 1. The van der Waals surface area contributed by atoms with Crippen molar-refractivity contribution in [2.75, 3.05) is 11.1 Å². The van der Waals surface area contributed by atoms with Gasteiger partial charge in [0.1, 0.15) is 5.82 Å². The maximum atomic E-state index is 12.8. The minimum Gasteiger partial charge on any atom is -0.397 e. The fraction of sp³-hybridized carbons (Fsp3) is 0.133. The summed E-state index contributed by atoms with van der Waals surface area (Å²) in [4.78, 5) is 12.0. The largest absolute Gasteiger partial charge is 0.397 e. The smallest absolute Gasteiger partial charge is 0.255 e. The SMILES string of the molecule is Cc1cc(C)c(NC(=O)c2ccc(F)cc2)c(N)c1. The molecule has 19 heavy (non-hydrogen) atoms. The maximum Gasteiger partial charge on any atom is 0.255 e. The number of carbonyl (C=O) groups excluding carboxylic acids is 1. The van der Waals surface area contributed by atoms with E-state index < -0.39 is 0 Å². The Balaban J connectivity index is 2.26. The minimum atomic E-state index is -0.373. The first-order chi connectivity index (χ1) is 8.97. The molecule has 98 valence electrons. The second-order valence-electron chi connectivity index (χ2n) is 4.51. The van der Waals surface area contributed by atoms with Crippen molar-refractivity contribution in [1.82, 2.24) is 0 Å². The van der Waals surface area contributed by atoms with Crippen LogP contribution in [-0.4, -0.2) is 5.91 Å². The van der Waals surface area contributed by atoms with E-state index in [4.69, 9.17) is 5.73 Å². The molecule has 0 aliphatic carbocycles. The molecule has 2 rings (SSSR count). The fourth-order valence-electron chi connectivity index (χ4n) is 1.96. The van der Waals surface area contributed by atoms with Crippen molar-refractivity contribution in [3.05, 3.63) is 58.9 Å². The number of hydrogen-bond acceptors (Lipinski definition) is 2. The van der Waals surface area contributed by atoms with Crippen LogP contribution in [0.15, 0.2) is 36.4 Å². The van der Waals surface area contributed by atoms with Crippen molar-refractivity contribution in [3.8, 4) is 0 Å². The van der Waals surface area contributed by atoms with Gasteiger partial charge in [0.2, 0.25) is 0 Å². The number of rotatable bonds is 2. The van der Waals surface area contributed by atoms with Gasteiger partial charge in [-0.25, -0.2) is 4.39 Å². The van der Waals surface area contributed by atoms with Crippen LogP contribution in [0.25, 0.3) is 0 Å². The van der Waals surface area contributed by atoms with Crippen LogP contribution in [0.2, 0.25) is 0 Å². The number of hydrogen-bond donors (Lipinski definition) is 2. The van der Waals surface area contributed by atoms with Crippen molar-refractivity contribution in [2.45, 2.75) is 13.8 Å². The van der Waals surface area contributed by atoms with Gasteiger partial charge in [0.25, 0.3) is 5.91 Å². The number of aryl methyl sites for hydroxylation is 2. The lowest BCUT2D eigenvalue weighted by Gasteiger charge is -2.12. The quantitative estimate of drug-likeness (QED) is 0.812. The zero-order valence-electron chi connectivity index (χ0n) is 10.8. The van der Waals surface area contributed by atoms with Gasteiger partial charge in [0.05, 0.1) is 11.4 Å². The summed E-state index contributed by atoms with van der Waals surface area (Å²) < 4.78 is 12.8. The second-order valence-corrected chi connectivity index (χ2v) is 4.51. The predicted molar refractivity (Wildman–Crippen MR) is 74.7 cm³/mol. The van der Waals surface area contributed by atoms with Gasteiger partial charge in [-0.3, -0.25) is 4.79 Å². The van der Waals surface area contributed by atoms with Crippen LogP contribution in [0.1, 0.15) is 21.5 Å². The number of nitrogens with one attached hydrogen (secondary N) is 1. The van der Waals surface area contributed by atoms with E-state index in [9.17, 15) is 9.18 Å². The molecule has 0 aromatic heterocycles. The molecule has 0 saturated heterocycles. The summed E-state index contributed by atoms with van der Waals surface area (Å²) >= 11 is 0. The van der Waals surface area contributed by atoms with Gasteiger partial charge in [-0.2, -0.15) is 0 Å². The Bertz CT molecular complexity index is 598. The highest BCUT2D eigenvalue weighted by Gasteiger charge is 2.10. The summed E-state index contributed by atoms with van der Waals surface area (Å²) in [6.07, 6.45) is 0. The van der Waals surface area contributed by atoms with E-state index in [1.807, 2.05) is 19.9 Å². The number of benzene rings is 2. The third kappa shape index (κ3) is 2.91. The zero-order valence-corrected chi connectivity index (χ0v) is 10.8. The minimum absolute atomic E-state index is 0.307. The van der Waals surface area contributed by atoms with Crippen LogP contribution in [0.5, 0.6) is 0 Å². The summed E-state index contributed by atoms with van der Waals surface area (Å²) in [5, 5.41) is 2.76.